The van der Waals surface area contributed by atoms with E-state index >= 15 is 0 Å². The smallest absolute Gasteiger partial charge is 0.273 e. The zero-order valence-corrected chi connectivity index (χ0v) is 13.1. The summed E-state index contributed by atoms with van der Waals surface area (Å²) in [7, 11) is 0. The summed E-state index contributed by atoms with van der Waals surface area (Å²) in [5.74, 6) is 0.795. The van der Waals surface area contributed by atoms with Crippen molar-refractivity contribution in [2.75, 3.05) is 18.5 Å². The number of carbonyl (C=O) groups excluding carboxylic acids is 1. The van der Waals surface area contributed by atoms with Gasteiger partial charge in [0.1, 0.15) is 0 Å². The van der Waals surface area contributed by atoms with E-state index in [0.717, 1.165) is 6.42 Å². The minimum Gasteiger partial charge on any atom is -0.490 e. The molecule has 1 aliphatic heterocycles. The van der Waals surface area contributed by atoms with Gasteiger partial charge < -0.3 is 14.8 Å². The van der Waals surface area contributed by atoms with Crippen molar-refractivity contribution in [1.29, 1.82) is 0 Å². The van der Waals surface area contributed by atoms with Gasteiger partial charge in [-0.2, -0.15) is 0 Å². The summed E-state index contributed by atoms with van der Waals surface area (Å²) in [6, 6.07) is 9.55. The predicted molar refractivity (Wildman–Crippen MR) is 87.8 cm³/mol. The lowest BCUT2D eigenvalue weighted by Gasteiger charge is -2.11. The van der Waals surface area contributed by atoms with Gasteiger partial charge in [0.05, 0.1) is 18.1 Å². The Hall–Kier alpha value is -3.09. The fourth-order valence-electron chi connectivity index (χ4n) is 2.51. The first-order chi connectivity index (χ1) is 11.6. The van der Waals surface area contributed by atoms with Gasteiger partial charge >= 0.3 is 0 Å². The molecule has 0 atom stereocenters. The molecule has 7 nitrogen and oxygen atoms in total. The molecule has 1 amide bonds. The first-order valence-corrected chi connectivity index (χ1v) is 7.51. The molecule has 0 radical (unpaired) electrons. The maximum atomic E-state index is 12.4. The highest BCUT2D eigenvalue weighted by Gasteiger charge is 2.18. The lowest BCUT2D eigenvalue weighted by atomic mass is 10.1. The van der Waals surface area contributed by atoms with E-state index in [4.69, 9.17) is 9.47 Å². The molecular weight excluding hydrogens is 312 g/mol. The molecule has 7 heteroatoms. The lowest BCUT2D eigenvalue weighted by molar-refractivity contribution is -0.385. The molecule has 1 aliphatic rings. The van der Waals surface area contributed by atoms with Crippen LogP contribution in [0.3, 0.4) is 0 Å². The Kier molecular flexibility index (Phi) is 4.33. The van der Waals surface area contributed by atoms with Crippen LogP contribution in [0.1, 0.15) is 22.3 Å². The van der Waals surface area contributed by atoms with E-state index in [0.29, 0.717) is 36.0 Å². The van der Waals surface area contributed by atoms with E-state index in [1.807, 2.05) is 0 Å². The predicted octanol–water partition coefficient (Wildman–Crippen LogP) is 3.32. The Labute approximate surface area is 138 Å². The van der Waals surface area contributed by atoms with Crippen LogP contribution in [0.25, 0.3) is 0 Å². The number of hydrogen-bond acceptors (Lipinski definition) is 5. The van der Waals surface area contributed by atoms with Gasteiger partial charge in [-0.25, -0.2) is 0 Å². The molecule has 3 rings (SSSR count). The molecule has 0 spiro atoms. The Morgan fingerprint density at radius 2 is 1.92 bits per heavy atom. The maximum Gasteiger partial charge on any atom is 0.273 e. The number of nitro groups is 1. The number of anilines is 1. The van der Waals surface area contributed by atoms with Crippen LogP contribution >= 0.6 is 0 Å². The van der Waals surface area contributed by atoms with Crippen LogP contribution in [0.5, 0.6) is 11.5 Å². The topological polar surface area (TPSA) is 90.7 Å². The second-order valence-corrected chi connectivity index (χ2v) is 5.37. The number of nitrogens with zero attached hydrogens (tertiary/aromatic N) is 1. The Morgan fingerprint density at radius 1 is 1.17 bits per heavy atom. The van der Waals surface area contributed by atoms with E-state index in [-0.39, 0.29) is 11.3 Å². The van der Waals surface area contributed by atoms with Crippen LogP contribution in [0.2, 0.25) is 0 Å². The molecule has 0 aromatic heterocycles. The zero-order chi connectivity index (χ0) is 17.1. The fraction of sp³-hybridized carbons (Fsp3) is 0.235. The summed E-state index contributed by atoms with van der Waals surface area (Å²) in [6.45, 7) is 2.70. The lowest BCUT2D eigenvalue weighted by Crippen LogP contribution is -2.14. The first kappa shape index (κ1) is 15.8. The second-order valence-electron chi connectivity index (χ2n) is 5.37. The number of fused-ring (bicyclic) bond motifs is 1. The summed E-state index contributed by atoms with van der Waals surface area (Å²) < 4.78 is 11.1. The number of nitro benzene ring substituents is 1. The highest BCUT2D eigenvalue weighted by Crippen LogP contribution is 2.32. The van der Waals surface area contributed by atoms with Gasteiger partial charge in [-0.05, 0) is 25.1 Å². The molecule has 2 aromatic rings. The van der Waals surface area contributed by atoms with Crippen molar-refractivity contribution in [1.82, 2.24) is 0 Å². The Balaban J connectivity index is 1.84. The van der Waals surface area contributed by atoms with E-state index < -0.39 is 10.8 Å². The number of carbonyl (C=O) groups is 1. The molecule has 0 saturated heterocycles. The van der Waals surface area contributed by atoms with E-state index in [2.05, 4.69) is 5.32 Å². The van der Waals surface area contributed by atoms with Crippen molar-refractivity contribution in [2.45, 2.75) is 13.3 Å². The maximum absolute atomic E-state index is 12.4. The van der Waals surface area contributed by atoms with Crippen molar-refractivity contribution >= 4 is 17.3 Å². The largest absolute Gasteiger partial charge is 0.490 e. The summed E-state index contributed by atoms with van der Waals surface area (Å²) >= 11 is 0. The van der Waals surface area contributed by atoms with Gasteiger partial charge in [-0.1, -0.05) is 6.07 Å². The summed E-state index contributed by atoms with van der Waals surface area (Å²) in [6.07, 6.45) is 0.795. The van der Waals surface area contributed by atoms with Crippen LogP contribution in [-0.2, 0) is 0 Å². The van der Waals surface area contributed by atoms with Gasteiger partial charge in [0, 0.05) is 35.4 Å². The van der Waals surface area contributed by atoms with E-state index in [1.165, 1.54) is 12.1 Å². The van der Waals surface area contributed by atoms with Crippen LogP contribution in [0, 0.1) is 17.0 Å². The minimum absolute atomic E-state index is 0.0821. The van der Waals surface area contributed by atoms with Crippen LogP contribution < -0.4 is 14.8 Å². The number of benzene rings is 2. The molecule has 0 bridgehead atoms. The first-order valence-electron chi connectivity index (χ1n) is 7.51. The van der Waals surface area contributed by atoms with Crippen LogP contribution in [0.4, 0.5) is 11.4 Å². The molecule has 0 saturated carbocycles. The summed E-state index contributed by atoms with van der Waals surface area (Å²) in [5, 5.41) is 13.7. The highest BCUT2D eigenvalue weighted by atomic mass is 16.6. The quantitative estimate of drug-likeness (QED) is 0.689. The number of hydrogen-bond donors (Lipinski definition) is 1. The molecule has 0 aliphatic carbocycles. The van der Waals surface area contributed by atoms with E-state index in [1.54, 1.807) is 31.2 Å². The molecular formula is C17H16N2O5. The van der Waals surface area contributed by atoms with Crippen molar-refractivity contribution in [2.24, 2.45) is 0 Å². The average Bonchev–Trinajstić information content (AvgIpc) is 2.79. The normalized spacial score (nSPS) is 13.0. The molecule has 1 heterocycles. The molecule has 0 unspecified atom stereocenters. The third-order valence-corrected chi connectivity index (χ3v) is 3.75. The summed E-state index contributed by atoms with van der Waals surface area (Å²) in [4.78, 5) is 22.9. The Bertz CT molecular complexity index is 804. The SMILES string of the molecule is Cc1c(C(=O)Nc2ccc3c(c2)OCCCO3)cccc1[N+](=O)[O-]. The minimum atomic E-state index is -0.500. The van der Waals surface area contributed by atoms with Gasteiger partial charge in [0.2, 0.25) is 0 Å². The van der Waals surface area contributed by atoms with Crippen molar-refractivity contribution in [3.8, 4) is 11.5 Å². The number of rotatable bonds is 3. The molecule has 124 valence electrons. The molecule has 1 N–H and O–H groups in total. The zero-order valence-electron chi connectivity index (χ0n) is 13.1. The van der Waals surface area contributed by atoms with Crippen molar-refractivity contribution < 1.29 is 19.2 Å². The second kappa shape index (κ2) is 6.57. The third-order valence-electron chi connectivity index (χ3n) is 3.75. The standard InChI is InChI=1S/C17H16N2O5/c1-11-13(4-2-5-14(11)19(21)22)17(20)18-12-6-7-15-16(10-12)24-9-3-8-23-15/h2,4-7,10H,3,8-9H2,1H3,(H,18,20). The average molecular weight is 328 g/mol. The van der Waals surface area contributed by atoms with Crippen molar-refractivity contribution in [3.05, 3.63) is 57.6 Å². The highest BCUT2D eigenvalue weighted by molar-refractivity contribution is 6.06. The van der Waals surface area contributed by atoms with Crippen LogP contribution in [-0.4, -0.2) is 24.0 Å². The molecule has 2 aromatic carbocycles. The number of amides is 1. The molecule has 0 fully saturated rings. The van der Waals surface area contributed by atoms with Gasteiger partial charge in [-0.3, -0.25) is 14.9 Å². The van der Waals surface area contributed by atoms with Gasteiger partial charge in [0.25, 0.3) is 11.6 Å². The van der Waals surface area contributed by atoms with Crippen molar-refractivity contribution in [3.63, 3.8) is 0 Å². The fourth-order valence-corrected chi connectivity index (χ4v) is 2.51. The van der Waals surface area contributed by atoms with Gasteiger partial charge in [0.15, 0.2) is 11.5 Å². The van der Waals surface area contributed by atoms with Gasteiger partial charge in [-0.15, -0.1) is 0 Å². The van der Waals surface area contributed by atoms with E-state index in [9.17, 15) is 14.9 Å². The summed E-state index contributed by atoms with van der Waals surface area (Å²) in [5.41, 5.74) is 1.04. The Morgan fingerprint density at radius 3 is 2.67 bits per heavy atom. The number of nitrogens with one attached hydrogen (secondary N) is 1. The van der Waals surface area contributed by atoms with Crippen LogP contribution in [0.15, 0.2) is 36.4 Å². The molecule has 24 heavy (non-hydrogen) atoms. The number of ether oxygens (including phenoxy) is 2. The monoisotopic (exact) mass is 328 g/mol. The third kappa shape index (κ3) is 3.15.